The minimum Gasteiger partial charge on any atom is -0.351 e. The van der Waals surface area contributed by atoms with Gasteiger partial charge in [-0.2, -0.15) is 0 Å². The first-order chi connectivity index (χ1) is 7.02. The number of nitrogens with one attached hydrogen (secondary N) is 1. The molecule has 0 heterocycles. The third kappa shape index (κ3) is 8.46. The summed E-state index contributed by atoms with van der Waals surface area (Å²) in [7, 11) is 0. The number of carbonyl (C=O) groups excluding carboxylic acids is 1. The minimum atomic E-state index is -0.0278. The number of carbonyl (C=O) groups is 1. The summed E-state index contributed by atoms with van der Waals surface area (Å²) in [5.74, 6) is 0.207. The van der Waals surface area contributed by atoms with Crippen molar-refractivity contribution < 1.29 is 4.79 Å². The fourth-order valence-electron chi connectivity index (χ4n) is 1.66. The molecule has 1 amide bonds. The van der Waals surface area contributed by atoms with Crippen molar-refractivity contribution in [1.82, 2.24) is 5.32 Å². The molecule has 0 fully saturated rings. The first-order valence-electron chi connectivity index (χ1n) is 6.33. The molecule has 0 aliphatic carbocycles. The smallest absolute Gasteiger partial charge is 0.220 e. The topological polar surface area (TPSA) is 29.1 Å². The molecule has 0 aromatic carbocycles. The van der Waals surface area contributed by atoms with Crippen LogP contribution in [0, 0.1) is 0 Å². The van der Waals surface area contributed by atoms with E-state index in [9.17, 15) is 4.79 Å². The summed E-state index contributed by atoms with van der Waals surface area (Å²) in [5, 5.41) is 3.11. The molecule has 0 unspecified atom stereocenters. The molecular weight excluding hydrogens is 186 g/mol. The highest BCUT2D eigenvalue weighted by Gasteiger charge is 2.18. The molecule has 2 heteroatoms. The zero-order valence-electron chi connectivity index (χ0n) is 10.9. The van der Waals surface area contributed by atoms with Crippen LogP contribution < -0.4 is 5.32 Å². The first-order valence-corrected chi connectivity index (χ1v) is 6.33. The Bertz CT molecular complexity index is 175. The van der Waals surface area contributed by atoms with E-state index < -0.39 is 0 Å². The van der Waals surface area contributed by atoms with Gasteiger partial charge >= 0.3 is 0 Å². The summed E-state index contributed by atoms with van der Waals surface area (Å²) < 4.78 is 0. The van der Waals surface area contributed by atoms with Crippen molar-refractivity contribution >= 4 is 5.91 Å². The number of hydrogen-bond donors (Lipinski definition) is 1. The summed E-state index contributed by atoms with van der Waals surface area (Å²) >= 11 is 0. The maximum atomic E-state index is 11.5. The largest absolute Gasteiger partial charge is 0.351 e. The Morgan fingerprint density at radius 1 is 1.07 bits per heavy atom. The van der Waals surface area contributed by atoms with Crippen LogP contribution in [0.3, 0.4) is 0 Å². The molecule has 0 rings (SSSR count). The van der Waals surface area contributed by atoms with Crippen molar-refractivity contribution in [2.45, 2.75) is 78.2 Å². The van der Waals surface area contributed by atoms with Crippen LogP contribution in [0.15, 0.2) is 0 Å². The number of amides is 1. The Kier molecular flexibility index (Phi) is 7.45. The maximum Gasteiger partial charge on any atom is 0.220 e. The summed E-state index contributed by atoms with van der Waals surface area (Å²) in [4.78, 5) is 11.5. The zero-order chi connectivity index (χ0) is 11.7. The van der Waals surface area contributed by atoms with Crippen LogP contribution in [0.25, 0.3) is 0 Å². The normalized spacial score (nSPS) is 11.5. The van der Waals surface area contributed by atoms with Gasteiger partial charge in [-0.1, -0.05) is 39.5 Å². The highest BCUT2D eigenvalue weighted by atomic mass is 16.1. The number of rotatable bonds is 8. The highest BCUT2D eigenvalue weighted by molar-refractivity contribution is 5.76. The lowest BCUT2D eigenvalue weighted by Crippen LogP contribution is -2.43. The fourth-order valence-corrected chi connectivity index (χ4v) is 1.66. The Hall–Kier alpha value is -0.530. The fraction of sp³-hybridized carbons (Fsp3) is 0.923. The number of hydrogen-bond acceptors (Lipinski definition) is 1. The van der Waals surface area contributed by atoms with Crippen LogP contribution >= 0.6 is 0 Å². The second-order valence-corrected chi connectivity index (χ2v) is 4.99. The van der Waals surface area contributed by atoms with Crippen LogP contribution in [0.1, 0.15) is 72.6 Å². The number of unbranched alkanes of at least 4 members (excludes halogenated alkanes) is 3. The van der Waals surface area contributed by atoms with Gasteiger partial charge in [-0.15, -0.1) is 0 Å². The lowest BCUT2D eigenvalue weighted by atomic mass is 9.96. The van der Waals surface area contributed by atoms with Gasteiger partial charge in [0.05, 0.1) is 0 Å². The van der Waals surface area contributed by atoms with Gasteiger partial charge in [0, 0.05) is 12.0 Å². The second kappa shape index (κ2) is 7.72. The van der Waals surface area contributed by atoms with Gasteiger partial charge in [-0.05, 0) is 26.7 Å². The summed E-state index contributed by atoms with van der Waals surface area (Å²) in [6.07, 6.45) is 7.54. The summed E-state index contributed by atoms with van der Waals surface area (Å²) in [6.45, 7) is 8.55. The molecular formula is C13H27NO. The lowest BCUT2D eigenvalue weighted by molar-refractivity contribution is -0.122. The molecule has 0 saturated heterocycles. The van der Waals surface area contributed by atoms with Crippen molar-refractivity contribution in [2.24, 2.45) is 0 Å². The second-order valence-electron chi connectivity index (χ2n) is 4.99. The van der Waals surface area contributed by atoms with Gasteiger partial charge in [0.1, 0.15) is 0 Å². The standard InChI is InChI=1S/C13H27NO/c1-5-7-9-11-13(3,4)14-12(15)10-8-6-2/h5-11H2,1-4H3,(H,14,15). The van der Waals surface area contributed by atoms with Crippen LogP contribution in [-0.4, -0.2) is 11.4 Å². The predicted molar refractivity (Wildman–Crippen MR) is 65.9 cm³/mol. The molecule has 90 valence electrons. The molecule has 0 radical (unpaired) electrons. The lowest BCUT2D eigenvalue weighted by Gasteiger charge is -2.26. The van der Waals surface area contributed by atoms with Gasteiger partial charge in [0.15, 0.2) is 0 Å². The molecule has 0 spiro atoms. The molecule has 0 aromatic heterocycles. The van der Waals surface area contributed by atoms with E-state index >= 15 is 0 Å². The Morgan fingerprint density at radius 2 is 1.67 bits per heavy atom. The van der Waals surface area contributed by atoms with E-state index in [1.54, 1.807) is 0 Å². The third-order valence-corrected chi connectivity index (χ3v) is 2.64. The van der Waals surface area contributed by atoms with E-state index in [2.05, 4.69) is 33.0 Å². The highest BCUT2D eigenvalue weighted by Crippen LogP contribution is 2.14. The van der Waals surface area contributed by atoms with Crippen molar-refractivity contribution in [3.8, 4) is 0 Å². The Morgan fingerprint density at radius 3 is 2.20 bits per heavy atom. The predicted octanol–water partition coefficient (Wildman–Crippen LogP) is 3.65. The van der Waals surface area contributed by atoms with Gasteiger partial charge in [0.2, 0.25) is 5.91 Å². The molecule has 0 atom stereocenters. The van der Waals surface area contributed by atoms with E-state index in [1.807, 2.05) is 0 Å². The average Bonchev–Trinajstić information content (AvgIpc) is 2.14. The first kappa shape index (κ1) is 14.5. The van der Waals surface area contributed by atoms with Crippen molar-refractivity contribution in [3.05, 3.63) is 0 Å². The summed E-state index contributed by atoms with van der Waals surface area (Å²) in [5.41, 5.74) is -0.0278. The molecule has 0 bridgehead atoms. The van der Waals surface area contributed by atoms with Crippen LogP contribution in [0.2, 0.25) is 0 Å². The molecule has 0 aliphatic rings. The van der Waals surface area contributed by atoms with Gasteiger partial charge < -0.3 is 5.32 Å². The van der Waals surface area contributed by atoms with Crippen LogP contribution in [0.5, 0.6) is 0 Å². The molecule has 0 aromatic rings. The average molecular weight is 213 g/mol. The van der Waals surface area contributed by atoms with E-state index in [4.69, 9.17) is 0 Å². The quantitative estimate of drug-likeness (QED) is 0.613. The van der Waals surface area contributed by atoms with Gasteiger partial charge in [0.25, 0.3) is 0 Å². The molecule has 0 aliphatic heterocycles. The Labute approximate surface area is 94.8 Å². The van der Waals surface area contributed by atoms with E-state index in [0.717, 1.165) is 19.3 Å². The molecule has 0 saturated carbocycles. The van der Waals surface area contributed by atoms with Crippen molar-refractivity contribution in [2.75, 3.05) is 0 Å². The van der Waals surface area contributed by atoms with Gasteiger partial charge in [-0.3, -0.25) is 4.79 Å². The van der Waals surface area contributed by atoms with Crippen LogP contribution in [0.4, 0.5) is 0 Å². The SMILES string of the molecule is CCCCCC(C)(C)NC(=O)CCCC. The third-order valence-electron chi connectivity index (χ3n) is 2.64. The molecule has 2 nitrogen and oxygen atoms in total. The zero-order valence-corrected chi connectivity index (χ0v) is 10.9. The molecule has 1 N–H and O–H groups in total. The monoisotopic (exact) mass is 213 g/mol. The minimum absolute atomic E-state index is 0.0278. The maximum absolute atomic E-state index is 11.5. The summed E-state index contributed by atoms with van der Waals surface area (Å²) in [6, 6.07) is 0. The van der Waals surface area contributed by atoms with E-state index in [1.165, 1.54) is 19.3 Å². The van der Waals surface area contributed by atoms with Crippen LogP contribution in [-0.2, 0) is 4.79 Å². The van der Waals surface area contributed by atoms with E-state index in [-0.39, 0.29) is 11.4 Å². The van der Waals surface area contributed by atoms with Gasteiger partial charge in [-0.25, -0.2) is 0 Å². The Balaban J connectivity index is 3.75. The van der Waals surface area contributed by atoms with E-state index in [0.29, 0.717) is 6.42 Å². The molecule has 15 heavy (non-hydrogen) atoms. The van der Waals surface area contributed by atoms with Crippen molar-refractivity contribution in [3.63, 3.8) is 0 Å². The van der Waals surface area contributed by atoms with Crippen molar-refractivity contribution in [1.29, 1.82) is 0 Å².